The van der Waals surface area contributed by atoms with E-state index in [2.05, 4.69) is 51.7 Å². The number of benzene rings is 1. The van der Waals surface area contributed by atoms with Crippen molar-refractivity contribution in [2.75, 3.05) is 19.6 Å². The summed E-state index contributed by atoms with van der Waals surface area (Å²) in [6, 6.07) is 14.4. The van der Waals surface area contributed by atoms with E-state index in [0.29, 0.717) is 13.1 Å². The molecule has 2 aromatic rings. The molecular formula is C23H32N6O. The van der Waals surface area contributed by atoms with Crippen LogP contribution in [0, 0.1) is 5.92 Å². The van der Waals surface area contributed by atoms with Gasteiger partial charge in [0.2, 0.25) is 5.91 Å². The lowest BCUT2D eigenvalue weighted by Crippen LogP contribution is -2.40. The van der Waals surface area contributed by atoms with Gasteiger partial charge in [0.1, 0.15) is 0 Å². The number of likely N-dealkylation sites (tertiary alicyclic amines) is 1. The third-order valence-electron chi connectivity index (χ3n) is 5.23. The van der Waals surface area contributed by atoms with Crippen LogP contribution in [0.3, 0.4) is 0 Å². The van der Waals surface area contributed by atoms with Crippen LogP contribution in [-0.2, 0) is 24.4 Å². The van der Waals surface area contributed by atoms with E-state index in [1.807, 2.05) is 18.2 Å². The van der Waals surface area contributed by atoms with Gasteiger partial charge in [-0.1, -0.05) is 30.3 Å². The number of amides is 1. The Balaban J connectivity index is 1.57. The minimum absolute atomic E-state index is 0.0283. The number of nitrogens with one attached hydrogen (secondary N) is 2. The van der Waals surface area contributed by atoms with Crippen molar-refractivity contribution >= 4 is 11.9 Å². The summed E-state index contributed by atoms with van der Waals surface area (Å²) in [7, 11) is 0. The summed E-state index contributed by atoms with van der Waals surface area (Å²) >= 11 is 0. The summed E-state index contributed by atoms with van der Waals surface area (Å²) in [5, 5.41) is 6.61. The van der Waals surface area contributed by atoms with Crippen LogP contribution in [0.25, 0.3) is 0 Å². The Morgan fingerprint density at radius 3 is 2.87 bits per heavy atom. The predicted molar refractivity (Wildman–Crippen MR) is 120 cm³/mol. The van der Waals surface area contributed by atoms with Crippen LogP contribution in [-0.4, -0.2) is 41.4 Å². The largest absolute Gasteiger partial charge is 0.369 e. The summed E-state index contributed by atoms with van der Waals surface area (Å²) < 4.78 is 0. The lowest BCUT2D eigenvalue weighted by atomic mass is 9.97. The molecule has 3 rings (SSSR count). The molecule has 0 spiro atoms. The first-order chi connectivity index (χ1) is 14.6. The number of carbonyl (C=O) groups is 1. The molecule has 7 heteroatoms. The second-order valence-corrected chi connectivity index (χ2v) is 7.67. The number of hydrogen-bond donors (Lipinski definition) is 3. The van der Waals surface area contributed by atoms with Crippen LogP contribution in [0.5, 0.6) is 0 Å². The molecular weight excluding hydrogens is 376 g/mol. The van der Waals surface area contributed by atoms with Crippen LogP contribution >= 0.6 is 0 Å². The summed E-state index contributed by atoms with van der Waals surface area (Å²) in [5.74, 6) is 0.560. The molecule has 1 aliphatic rings. The van der Waals surface area contributed by atoms with Crippen molar-refractivity contribution in [2.24, 2.45) is 16.6 Å². The van der Waals surface area contributed by atoms with Crippen molar-refractivity contribution in [3.63, 3.8) is 0 Å². The summed E-state index contributed by atoms with van der Waals surface area (Å²) in [5.41, 5.74) is 8.87. The third-order valence-corrected chi connectivity index (χ3v) is 5.23. The Morgan fingerprint density at radius 2 is 2.10 bits per heavy atom. The average Bonchev–Trinajstić information content (AvgIpc) is 2.77. The lowest BCUT2D eigenvalue weighted by Gasteiger charge is -2.31. The maximum atomic E-state index is 11.5. The normalized spacial score (nSPS) is 17.5. The van der Waals surface area contributed by atoms with Crippen LogP contribution in [0.2, 0.25) is 0 Å². The molecule has 160 valence electrons. The molecule has 1 aromatic carbocycles. The number of primary amides is 1. The Labute approximate surface area is 178 Å². The molecule has 1 aromatic heterocycles. The quantitative estimate of drug-likeness (QED) is 0.459. The van der Waals surface area contributed by atoms with Gasteiger partial charge in [-0.2, -0.15) is 0 Å². The van der Waals surface area contributed by atoms with Gasteiger partial charge in [0, 0.05) is 25.8 Å². The maximum Gasteiger partial charge on any atom is 0.221 e. The zero-order valence-electron chi connectivity index (χ0n) is 17.7. The van der Waals surface area contributed by atoms with E-state index in [4.69, 9.17) is 10.7 Å². The van der Waals surface area contributed by atoms with E-state index in [9.17, 15) is 4.79 Å². The van der Waals surface area contributed by atoms with Crippen LogP contribution in [0.15, 0.2) is 53.7 Å². The monoisotopic (exact) mass is 408 g/mol. The van der Waals surface area contributed by atoms with Crippen LogP contribution in [0.4, 0.5) is 0 Å². The number of nitrogens with two attached hydrogens (primary N) is 1. The molecule has 1 amide bonds. The van der Waals surface area contributed by atoms with Gasteiger partial charge >= 0.3 is 0 Å². The number of piperidine rings is 1. The van der Waals surface area contributed by atoms with E-state index in [-0.39, 0.29) is 11.8 Å². The number of aliphatic imine (C=N–C) groups is 1. The molecule has 2 heterocycles. The Hall–Kier alpha value is -2.93. The van der Waals surface area contributed by atoms with Crippen molar-refractivity contribution in [1.29, 1.82) is 0 Å². The van der Waals surface area contributed by atoms with Gasteiger partial charge in [-0.25, -0.2) is 4.99 Å². The molecule has 0 saturated carbocycles. The Kier molecular flexibility index (Phi) is 8.20. The van der Waals surface area contributed by atoms with E-state index >= 15 is 0 Å². The highest BCUT2D eigenvalue weighted by Crippen LogP contribution is 2.19. The topological polar surface area (TPSA) is 95.6 Å². The molecule has 1 saturated heterocycles. The number of aromatic nitrogens is 1. The third kappa shape index (κ3) is 6.84. The van der Waals surface area contributed by atoms with E-state index in [1.165, 1.54) is 5.56 Å². The van der Waals surface area contributed by atoms with E-state index < -0.39 is 0 Å². The first kappa shape index (κ1) is 21.8. The fourth-order valence-electron chi connectivity index (χ4n) is 3.71. The smallest absolute Gasteiger partial charge is 0.221 e. The van der Waals surface area contributed by atoms with Gasteiger partial charge in [-0.3, -0.25) is 14.7 Å². The summed E-state index contributed by atoms with van der Waals surface area (Å²) in [4.78, 5) is 22.9. The first-order valence-electron chi connectivity index (χ1n) is 10.7. The van der Waals surface area contributed by atoms with Crippen molar-refractivity contribution < 1.29 is 4.79 Å². The number of nitrogens with zero attached hydrogens (tertiary/aromatic N) is 3. The molecule has 1 unspecified atom stereocenters. The highest BCUT2D eigenvalue weighted by molar-refractivity contribution is 5.79. The SMILES string of the molecule is CCNC(=NCc1cccc(CN2CCCC(C(N)=O)C2)c1)NCc1ccccn1. The Morgan fingerprint density at radius 1 is 1.23 bits per heavy atom. The zero-order chi connectivity index (χ0) is 21.2. The molecule has 30 heavy (non-hydrogen) atoms. The fourth-order valence-corrected chi connectivity index (χ4v) is 3.71. The summed E-state index contributed by atoms with van der Waals surface area (Å²) in [6.45, 7) is 6.66. The van der Waals surface area contributed by atoms with Crippen molar-refractivity contribution in [2.45, 2.75) is 39.4 Å². The van der Waals surface area contributed by atoms with Crippen molar-refractivity contribution in [3.8, 4) is 0 Å². The number of rotatable bonds is 8. The highest BCUT2D eigenvalue weighted by Gasteiger charge is 2.23. The fraction of sp³-hybridized carbons (Fsp3) is 0.435. The molecule has 7 nitrogen and oxygen atoms in total. The predicted octanol–water partition coefficient (Wildman–Crippen LogP) is 2.03. The number of pyridine rings is 1. The van der Waals surface area contributed by atoms with Gasteiger partial charge in [0.05, 0.1) is 24.7 Å². The summed E-state index contributed by atoms with van der Waals surface area (Å²) in [6.07, 6.45) is 3.71. The standard InChI is InChI=1S/C23H32N6O/c1-2-25-23(28-15-21-10-3-4-11-26-21)27-14-18-7-5-8-19(13-18)16-29-12-6-9-20(17-29)22(24)30/h3-5,7-8,10-11,13,20H,2,6,9,12,14-17H2,1H3,(H2,24,30)(H2,25,27,28). The minimum Gasteiger partial charge on any atom is -0.369 e. The Bertz CT molecular complexity index is 839. The molecule has 1 aliphatic heterocycles. The van der Waals surface area contributed by atoms with Gasteiger partial charge in [0.25, 0.3) is 0 Å². The number of carbonyl (C=O) groups excluding carboxylic acids is 1. The average molecular weight is 409 g/mol. The molecule has 4 N–H and O–H groups in total. The molecule has 0 radical (unpaired) electrons. The second-order valence-electron chi connectivity index (χ2n) is 7.67. The number of guanidine groups is 1. The van der Waals surface area contributed by atoms with Gasteiger partial charge in [-0.05, 0) is 49.6 Å². The highest BCUT2D eigenvalue weighted by atomic mass is 16.1. The van der Waals surface area contributed by atoms with Crippen LogP contribution in [0.1, 0.15) is 36.6 Å². The van der Waals surface area contributed by atoms with Crippen LogP contribution < -0.4 is 16.4 Å². The van der Waals surface area contributed by atoms with E-state index in [0.717, 1.165) is 56.2 Å². The van der Waals surface area contributed by atoms with Crippen molar-refractivity contribution in [1.82, 2.24) is 20.5 Å². The van der Waals surface area contributed by atoms with Gasteiger partial charge in [0.15, 0.2) is 5.96 Å². The van der Waals surface area contributed by atoms with Gasteiger partial charge < -0.3 is 16.4 Å². The van der Waals surface area contributed by atoms with E-state index in [1.54, 1.807) is 6.20 Å². The first-order valence-corrected chi connectivity index (χ1v) is 10.7. The molecule has 0 bridgehead atoms. The number of hydrogen-bond acceptors (Lipinski definition) is 4. The molecule has 1 atom stereocenters. The zero-order valence-corrected chi connectivity index (χ0v) is 17.7. The molecule has 0 aliphatic carbocycles. The van der Waals surface area contributed by atoms with Gasteiger partial charge in [-0.15, -0.1) is 0 Å². The lowest BCUT2D eigenvalue weighted by molar-refractivity contribution is -0.123. The molecule has 1 fully saturated rings. The maximum absolute atomic E-state index is 11.5. The minimum atomic E-state index is -0.183. The second kappa shape index (κ2) is 11.3. The van der Waals surface area contributed by atoms with Crippen molar-refractivity contribution in [3.05, 3.63) is 65.5 Å².